The van der Waals surface area contributed by atoms with Gasteiger partial charge in [0.1, 0.15) is 0 Å². The van der Waals surface area contributed by atoms with E-state index in [9.17, 15) is 4.79 Å². The van der Waals surface area contributed by atoms with Crippen LogP contribution < -0.4 is 0 Å². The van der Waals surface area contributed by atoms with Crippen LogP contribution in [-0.4, -0.2) is 24.4 Å². The Bertz CT molecular complexity index is 213. The second kappa shape index (κ2) is 5.18. The Morgan fingerprint density at radius 3 is 2.21 bits per heavy atom. The Labute approximate surface area is 88.0 Å². The third-order valence-corrected chi connectivity index (χ3v) is 2.36. The van der Waals surface area contributed by atoms with Gasteiger partial charge in [0.2, 0.25) is 5.91 Å². The summed E-state index contributed by atoms with van der Waals surface area (Å²) in [6.45, 7) is 12.9. The van der Waals surface area contributed by atoms with E-state index in [1.807, 2.05) is 27.8 Å². The molecule has 2 nitrogen and oxygen atoms in total. The van der Waals surface area contributed by atoms with Crippen molar-refractivity contribution in [3.05, 3.63) is 12.2 Å². The Hall–Kier alpha value is -0.790. The molecule has 0 atom stereocenters. The van der Waals surface area contributed by atoms with Gasteiger partial charge < -0.3 is 4.90 Å². The Morgan fingerprint density at radius 2 is 1.86 bits per heavy atom. The molecule has 0 unspecified atom stereocenters. The standard InChI is InChI=1S/C12H23NO/c1-7-8-9-13(6)11(14)10(2)12(3,4)5/h2,7-9H2,1,3-6H3. The van der Waals surface area contributed by atoms with Gasteiger partial charge in [-0.1, -0.05) is 40.7 Å². The summed E-state index contributed by atoms with van der Waals surface area (Å²) >= 11 is 0. The summed E-state index contributed by atoms with van der Waals surface area (Å²) in [6, 6.07) is 0. The molecule has 0 rings (SSSR count). The van der Waals surface area contributed by atoms with E-state index in [0.29, 0.717) is 5.57 Å². The zero-order valence-corrected chi connectivity index (χ0v) is 10.2. The lowest BCUT2D eigenvalue weighted by molar-refractivity contribution is -0.126. The van der Waals surface area contributed by atoms with Crippen LogP contribution in [0.1, 0.15) is 40.5 Å². The van der Waals surface area contributed by atoms with Crippen LogP contribution in [0.4, 0.5) is 0 Å². The first kappa shape index (κ1) is 13.2. The Morgan fingerprint density at radius 1 is 1.36 bits per heavy atom. The van der Waals surface area contributed by atoms with Crippen LogP contribution in [-0.2, 0) is 4.79 Å². The summed E-state index contributed by atoms with van der Waals surface area (Å²) in [4.78, 5) is 13.6. The van der Waals surface area contributed by atoms with E-state index in [0.717, 1.165) is 19.4 Å². The molecule has 0 heterocycles. The monoisotopic (exact) mass is 197 g/mol. The summed E-state index contributed by atoms with van der Waals surface area (Å²) in [5, 5.41) is 0. The van der Waals surface area contributed by atoms with Crippen molar-refractivity contribution in [3.8, 4) is 0 Å². The predicted molar refractivity (Wildman–Crippen MR) is 61.1 cm³/mol. The lowest BCUT2D eigenvalue weighted by Crippen LogP contribution is -2.32. The number of hydrogen-bond acceptors (Lipinski definition) is 1. The van der Waals surface area contributed by atoms with Crippen LogP contribution in [0.3, 0.4) is 0 Å². The fourth-order valence-corrected chi connectivity index (χ4v) is 1.05. The zero-order chi connectivity index (χ0) is 11.4. The zero-order valence-electron chi connectivity index (χ0n) is 10.2. The molecular formula is C12H23NO. The summed E-state index contributed by atoms with van der Waals surface area (Å²) in [5.41, 5.74) is 0.563. The SMILES string of the molecule is C=C(C(=O)N(C)CCCC)C(C)(C)C. The van der Waals surface area contributed by atoms with Gasteiger partial charge in [-0.15, -0.1) is 0 Å². The predicted octanol–water partition coefficient (Wildman–Crippen LogP) is 2.85. The van der Waals surface area contributed by atoms with Crippen LogP contribution in [0.5, 0.6) is 0 Å². The van der Waals surface area contributed by atoms with Crippen molar-refractivity contribution in [2.45, 2.75) is 40.5 Å². The molecule has 0 saturated carbocycles. The fraction of sp³-hybridized carbons (Fsp3) is 0.750. The Kier molecular flexibility index (Phi) is 4.89. The molecule has 0 N–H and O–H groups in total. The maximum Gasteiger partial charge on any atom is 0.249 e. The highest BCUT2D eigenvalue weighted by Crippen LogP contribution is 2.24. The van der Waals surface area contributed by atoms with E-state index in [-0.39, 0.29) is 11.3 Å². The fourth-order valence-electron chi connectivity index (χ4n) is 1.05. The Balaban J connectivity index is 4.26. The minimum Gasteiger partial charge on any atom is -0.342 e. The van der Waals surface area contributed by atoms with Gasteiger partial charge >= 0.3 is 0 Å². The molecule has 0 aromatic rings. The van der Waals surface area contributed by atoms with Gasteiger partial charge in [0, 0.05) is 19.2 Å². The molecule has 0 aliphatic rings. The number of likely N-dealkylation sites (N-methyl/N-ethyl adjacent to an activating group) is 1. The number of unbranched alkanes of at least 4 members (excludes halogenated alkanes) is 1. The van der Waals surface area contributed by atoms with Crippen molar-refractivity contribution in [3.63, 3.8) is 0 Å². The topological polar surface area (TPSA) is 20.3 Å². The summed E-state index contributed by atoms with van der Waals surface area (Å²) in [7, 11) is 1.84. The second-order valence-electron chi connectivity index (χ2n) is 4.81. The molecule has 14 heavy (non-hydrogen) atoms. The van der Waals surface area contributed by atoms with E-state index in [4.69, 9.17) is 0 Å². The quantitative estimate of drug-likeness (QED) is 0.635. The normalized spacial score (nSPS) is 11.2. The molecule has 0 radical (unpaired) electrons. The third kappa shape index (κ3) is 3.95. The van der Waals surface area contributed by atoms with Gasteiger partial charge in [-0.3, -0.25) is 4.79 Å². The van der Waals surface area contributed by atoms with Gasteiger partial charge in [-0.2, -0.15) is 0 Å². The van der Waals surface area contributed by atoms with Gasteiger partial charge in [0.05, 0.1) is 0 Å². The molecule has 2 heteroatoms. The molecule has 1 amide bonds. The van der Waals surface area contributed by atoms with E-state index < -0.39 is 0 Å². The van der Waals surface area contributed by atoms with E-state index in [1.54, 1.807) is 4.90 Å². The molecule has 0 saturated heterocycles. The van der Waals surface area contributed by atoms with Crippen molar-refractivity contribution in [2.24, 2.45) is 5.41 Å². The minimum absolute atomic E-state index is 0.0750. The van der Waals surface area contributed by atoms with Crippen LogP contribution in [0, 0.1) is 5.41 Å². The smallest absolute Gasteiger partial charge is 0.249 e. The summed E-state index contributed by atoms with van der Waals surface area (Å²) < 4.78 is 0. The summed E-state index contributed by atoms with van der Waals surface area (Å²) in [6.07, 6.45) is 2.17. The van der Waals surface area contributed by atoms with Crippen molar-refractivity contribution < 1.29 is 4.79 Å². The second-order valence-corrected chi connectivity index (χ2v) is 4.81. The number of carbonyl (C=O) groups excluding carboxylic acids is 1. The average molecular weight is 197 g/mol. The van der Waals surface area contributed by atoms with Gasteiger partial charge in [0.15, 0.2) is 0 Å². The van der Waals surface area contributed by atoms with Crippen molar-refractivity contribution in [2.75, 3.05) is 13.6 Å². The molecule has 0 spiro atoms. The van der Waals surface area contributed by atoms with Gasteiger partial charge in [-0.25, -0.2) is 0 Å². The molecule has 0 fully saturated rings. The average Bonchev–Trinajstić information content (AvgIpc) is 2.10. The molecular weight excluding hydrogens is 174 g/mol. The van der Waals surface area contributed by atoms with Crippen LogP contribution in [0.15, 0.2) is 12.2 Å². The van der Waals surface area contributed by atoms with Gasteiger partial charge in [0.25, 0.3) is 0 Å². The summed E-state index contributed by atoms with van der Waals surface area (Å²) in [5.74, 6) is 0.0750. The first-order valence-electron chi connectivity index (χ1n) is 5.25. The molecule has 0 bridgehead atoms. The highest BCUT2D eigenvalue weighted by atomic mass is 16.2. The van der Waals surface area contributed by atoms with Crippen molar-refractivity contribution in [1.29, 1.82) is 0 Å². The lowest BCUT2D eigenvalue weighted by Gasteiger charge is -2.25. The van der Waals surface area contributed by atoms with Crippen molar-refractivity contribution in [1.82, 2.24) is 4.90 Å². The highest BCUT2D eigenvalue weighted by molar-refractivity contribution is 5.93. The molecule has 82 valence electrons. The van der Waals surface area contributed by atoms with Gasteiger partial charge in [-0.05, 0) is 11.8 Å². The lowest BCUT2D eigenvalue weighted by atomic mass is 9.87. The number of nitrogens with zero attached hydrogens (tertiary/aromatic N) is 1. The largest absolute Gasteiger partial charge is 0.342 e. The maximum atomic E-state index is 11.8. The highest BCUT2D eigenvalue weighted by Gasteiger charge is 2.23. The van der Waals surface area contributed by atoms with Crippen LogP contribution in [0.2, 0.25) is 0 Å². The van der Waals surface area contributed by atoms with Crippen LogP contribution in [0.25, 0.3) is 0 Å². The first-order valence-corrected chi connectivity index (χ1v) is 5.25. The number of hydrogen-bond donors (Lipinski definition) is 0. The minimum atomic E-state index is -0.127. The van der Waals surface area contributed by atoms with E-state index in [2.05, 4.69) is 13.5 Å². The number of amides is 1. The first-order chi connectivity index (χ1) is 6.30. The number of rotatable bonds is 4. The third-order valence-electron chi connectivity index (χ3n) is 2.36. The van der Waals surface area contributed by atoms with Crippen LogP contribution >= 0.6 is 0 Å². The van der Waals surface area contributed by atoms with E-state index in [1.165, 1.54) is 0 Å². The van der Waals surface area contributed by atoms with E-state index >= 15 is 0 Å². The van der Waals surface area contributed by atoms with Crippen molar-refractivity contribution >= 4 is 5.91 Å². The molecule has 0 aromatic carbocycles. The molecule has 0 aliphatic heterocycles. The molecule has 0 aromatic heterocycles. The number of carbonyl (C=O) groups is 1. The molecule has 0 aliphatic carbocycles. The maximum absolute atomic E-state index is 11.8.